The van der Waals surface area contributed by atoms with E-state index in [2.05, 4.69) is 11.9 Å². The molecular weight excluding hydrogens is 259 g/mol. The van der Waals surface area contributed by atoms with Crippen LogP contribution in [0.4, 0.5) is 0 Å². The molecule has 0 aromatic heterocycles. The highest BCUT2D eigenvalue weighted by Gasteiger charge is 2.41. The van der Waals surface area contributed by atoms with Crippen molar-refractivity contribution in [2.45, 2.75) is 12.8 Å². The summed E-state index contributed by atoms with van der Waals surface area (Å²) in [6, 6.07) is 0. The van der Waals surface area contributed by atoms with Crippen LogP contribution in [0.1, 0.15) is 12.8 Å². The van der Waals surface area contributed by atoms with E-state index in [4.69, 9.17) is 20.3 Å². The van der Waals surface area contributed by atoms with E-state index in [1.54, 1.807) is 0 Å². The highest BCUT2D eigenvalue weighted by molar-refractivity contribution is 7.52. The maximum Gasteiger partial charge on any atom is 0.331 e. The van der Waals surface area contributed by atoms with Crippen LogP contribution in [0.25, 0.3) is 0 Å². The topological polar surface area (TPSA) is 131 Å². The van der Waals surface area contributed by atoms with Crippen molar-refractivity contribution in [3.05, 3.63) is 12.2 Å². The summed E-state index contributed by atoms with van der Waals surface area (Å²) < 4.78 is 11.0. The highest BCUT2D eigenvalue weighted by Crippen LogP contribution is 2.41. The van der Waals surface area contributed by atoms with Gasteiger partial charge < -0.3 is 25.6 Å². The summed E-state index contributed by atoms with van der Waals surface area (Å²) in [5, 5.41) is 19.7. The van der Waals surface area contributed by atoms with Crippen molar-refractivity contribution in [1.29, 1.82) is 5.41 Å². The summed E-state index contributed by atoms with van der Waals surface area (Å²) >= 11 is 0. The second kappa shape index (κ2) is 5.32. The number of carbonyl (C=O) groups is 1. The van der Waals surface area contributed by atoms with Gasteiger partial charge in [-0.05, 0) is 19.4 Å². The van der Waals surface area contributed by atoms with Gasteiger partial charge in [0.05, 0.1) is 6.16 Å². The van der Waals surface area contributed by atoms with Gasteiger partial charge in [0.1, 0.15) is 0 Å². The van der Waals surface area contributed by atoms with Crippen LogP contribution in [0.5, 0.6) is 0 Å². The fraction of sp³-hybridized carbons (Fsp3) is 0.600. The Morgan fingerprint density at radius 3 is 2.50 bits per heavy atom. The molecule has 102 valence electrons. The van der Waals surface area contributed by atoms with Crippen LogP contribution in [0.15, 0.2) is 12.2 Å². The molecule has 1 saturated heterocycles. The SMILES string of the molecule is C=C(CC1(C(=N)CP(=O)(O)O)CCNC1)C(=O)O. The van der Waals surface area contributed by atoms with Gasteiger partial charge in [0.15, 0.2) is 0 Å². The Labute approximate surface area is 105 Å². The standard InChI is InChI=1S/C10H17N2O5P/c1-7(9(13)14)4-10(2-3-12-6-10)8(11)5-18(15,16)17/h11-12H,1-6H2,(H,13,14)(H2,15,16,17). The molecule has 7 nitrogen and oxygen atoms in total. The van der Waals surface area contributed by atoms with Gasteiger partial charge in [-0.2, -0.15) is 0 Å². The molecule has 1 unspecified atom stereocenters. The van der Waals surface area contributed by atoms with Crippen LogP contribution in [-0.2, 0) is 9.36 Å². The monoisotopic (exact) mass is 276 g/mol. The van der Waals surface area contributed by atoms with Gasteiger partial charge in [-0.15, -0.1) is 0 Å². The third-order valence-electron chi connectivity index (χ3n) is 3.10. The maximum atomic E-state index is 11.0. The van der Waals surface area contributed by atoms with Crippen LogP contribution in [0.3, 0.4) is 0 Å². The average molecular weight is 276 g/mol. The van der Waals surface area contributed by atoms with Gasteiger partial charge in [0.2, 0.25) is 0 Å². The van der Waals surface area contributed by atoms with Crippen molar-refractivity contribution in [1.82, 2.24) is 5.32 Å². The van der Waals surface area contributed by atoms with Gasteiger partial charge in [0, 0.05) is 23.2 Å². The summed E-state index contributed by atoms with van der Waals surface area (Å²) in [5.41, 5.74) is -0.992. The zero-order valence-corrected chi connectivity index (χ0v) is 10.7. The predicted octanol–water partition coefficient (Wildman–Crippen LogP) is 0.194. The van der Waals surface area contributed by atoms with E-state index in [1.165, 1.54) is 0 Å². The maximum absolute atomic E-state index is 11.0. The lowest BCUT2D eigenvalue weighted by molar-refractivity contribution is -0.132. The second-order valence-corrected chi connectivity index (χ2v) is 6.24. The number of rotatable bonds is 6. The molecule has 1 atom stereocenters. The zero-order chi connectivity index (χ0) is 14.0. The van der Waals surface area contributed by atoms with Crippen molar-refractivity contribution in [2.24, 2.45) is 5.41 Å². The number of hydrogen-bond donors (Lipinski definition) is 5. The average Bonchev–Trinajstić information content (AvgIpc) is 2.64. The Balaban J connectivity index is 2.87. The summed E-state index contributed by atoms with van der Waals surface area (Å²) in [6.07, 6.45) is -0.117. The smallest absolute Gasteiger partial charge is 0.331 e. The molecule has 0 aromatic carbocycles. The molecule has 18 heavy (non-hydrogen) atoms. The first-order chi connectivity index (χ1) is 8.16. The van der Waals surface area contributed by atoms with Gasteiger partial charge in [0.25, 0.3) is 0 Å². The molecular formula is C10H17N2O5P. The van der Waals surface area contributed by atoms with E-state index in [0.717, 1.165) is 0 Å². The van der Waals surface area contributed by atoms with Gasteiger partial charge >= 0.3 is 13.6 Å². The molecule has 0 aliphatic carbocycles. The number of hydrogen-bond acceptors (Lipinski definition) is 4. The van der Waals surface area contributed by atoms with E-state index in [-0.39, 0.29) is 17.7 Å². The van der Waals surface area contributed by atoms with Crippen molar-refractivity contribution < 1.29 is 24.3 Å². The van der Waals surface area contributed by atoms with Gasteiger partial charge in [-0.25, -0.2) is 4.79 Å². The summed E-state index contributed by atoms with van der Waals surface area (Å²) in [7, 11) is -4.31. The minimum absolute atomic E-state index is 0.0359. The van der Waals surface area contributed by atoms with E-state index < -0.39 is 25.1 Å². The van der Waals surface area contributed by atoms with Gasteiger partial charge in [-0.1, -0.05) is 6.58 Å². The third kappa shape index (κ3) is 3.74. The minimum atomic E-state index is -4.31. The molecule has 0 amide bonds. The molecule has 1 fully saturated rings. The molecule has 0 saturated carbocycles. The fourth-order valence-electron chi connectivity index (χ4n) is 2.12. The largest absolute Gasteiger partial charge is 0.478 e. The molecule has 0 bridgehead atoms. The first kappa shape index (κ1) is 15.0. The minimum Gasteiger partial charge on any atom is -0.478 e. The number of nitrogens with one attached hydrogen (secondary N) is 2. The molecule has 5 N–H and O–H groups in total. The molecule has 1 aliphatic rings. The quantitative estimate of drug-likeness (QED) is 0.267. The molecule has 1 rings (SSSR count). The number of carboxylic acid groups (broad SMARTS) is 1. The van der Waals surface area contributed by atoms with E-state index in [0.29, 0.717) is 19.5 Å². The Morgan fingerprint density at radius 2 is 2.11 bits per heavy atom. The number of carboxylic acids is 1. The second-order valence-electron chi connectivity index (χ2n) is 4.59. The lowest BCUT2D eigenvalue weighted by atomic mass is 9.77. The van der Waals surface area contributed by atoms with Gasteiger partial charge in [-0.3, -0.25) is 4.57 Å². The predicted molar refractivity (Wildman–Crippen MR) is 66.0 cm³/mol. The summed E-state index contributed by atoms with van der Waals surface area (Å²) in [5.74, 6) is -1.15. The van der Waals surface area contributed by atoms with Crippen LogP contribution < -0.4 is 5.32 Å². The van der Waals surface area contributed by atoms with E-state index in [9.17, 15) is 9.36 Å². The first-order valence-corrected chi connectivity index (χ1v) is 7.20. The Kier molecular flexibility index (Phi) is 4.45. The first-order valence-electron chi connectivity index (χ1n) is 5.40. The Bertz CT molecular complexity index is 422. The van der Waals surface area contributed by atoms with Crippen LogP contribution in [0.2, 0.25) is 0 Å². The summed E-state index contributed by atoms with van der Waals surface area (Å²) in [4.78, 5) is 28.6. The fourth-order valence-corrected chi connectivity index (χ4v) is 2.86. The van der Waals surface area contributed by atoms with Crippen molar-refractivity contribution >= 4 is 19.3 Å². The number of aliphatic carboxylic acids is 1. The molecule has 0 radical (unpaired) electrons. The van der Waals surface area contributed by atoms with Crippen LogP contribution in [-0.4, -0.2) is 45.8 Å². The van der Waals surface area contributed by atoms with Crippen molar-refractivity contribution in [3.8, 4) is 0 Å². The lowest BCUT2D eigenvalue weighted by Gasteiger charge is -2.29. The molecule has 0 aromatic rings. The Morgan fingerprint density at radius 1 is 1.50 bits per heavy atom. The third-order valence-corrected chi connectivity index (χ3v) is 3.83. The highest BCUT2D eigenvalue weighted by atomic mass is 31.2. The van der Waals surface area contributed by atoms with E-state index >= 15 is 0 Å². The van der Waals surface area contributed by atoms with Crippen LogP contribution >= 0.6 is 7.60 Å². The Hall–Kier alpha value is -1.01. The van der Waals surface area contributed by atoms with Crippen molar-refractivity contribution in [2.75, 3.05) is 19.3 Å². The molecule has 8 heteroatoms. The molecule has 0 spiro atoms. The normalized spacial score (nSPS) is 23.9. The van der Waals surface area contributed by atoms with Crippen molar-refractivity contribution in [3.63, 3.8) is 0 Å². The lowest BCUT2D eigenvalue weighted by Crippen LogP contribution is -2.36. The molecule has 1 heterocycles. The van der Waals surface area contributed by atoms with Crippen LogP contribution in [0, 0.1) is 10.8 Å². The summed E-state index contributed by atoms with van der Waals surface area (Å²) in [6.45, 7) is 4.36. The van der Waals surface area contributed by atoms with E-state index in [1.807, 2.05) is 0 Å². The molecule has 1 aliphatic heterocycles. The zero-order valence-electron chi connectivity index (χ0n) is 9.85.